The highest BCUT2D eigenvalue weighted by molar-refractivity contribution is 5.92. The number of carbonyl (C=O) groups is 1. The molecule has 1 aliphatic rings. The molecular formula is C15H23N3O2. The van der Waals surface area contributed by atoms with Crippen LogP contribution in [-0.2, 0) is 16.1 Å². The van der Waals surface area contributed by atoms with E-state index in [0.717, 1.165) is 37.2 Å². The van der Waals surface area contributed by atoms with Gasteiger partial charge >= 0.3 is 0 Å². The van der Waals surface area contributed by atoms with Crippen molar-refractivity contribution in [2.75, 3.05) is 32.1 Å². The van der Waals surface area contributed by atoms with Gasteiger partial charge in [0.25, 0.3) is 0 Å². The molecule has 1 aromatic carbocycles. The number of benzene rings is 1. The number of methoxy groups -OCH3 is 1. The summed E-state index contributed by atoms with van der Waals surface area (Å²) in [5.74, 6) is 0.0176. The van der Waals surface area contributed by atoms with Crippen LogP contribution in [0.5, 0.6) is 0 Å². The number of rotatable bonds is 5. The standard InChI is InChI=1S/C15H23N3O2/c1-20-11-12-4-2-3-5-14(12)17-15(19)10-18-8-6-13(16)7-9-18/h2-5,13H,6-11,16H2,1H3,(H,17,19). The van der Waals surface area contributed by atoms with Gasteiger partial charge in [0.05, 0.1) is 13.2 Å². The fraction of sp³-hybridized carbons (Fsp3) is 0.533. The van der Waals surface area contributed by atoms with E-state index in [-0.39, 0.29) is 11.9 Å². The second kappa shape index (κ2) is 7.38. The molecule has 1 aliphatic heterocycles. The summed E-state index contributed by atoms with van der Waals surface area (Å²) in [5, 5.41) is 2.96. The third-order valence-corrected chi connectivity index (χ3v) is 3.59. The van der Waals surface area contributed by atoms with Crippen molar-refractivity contribution in [3.05, 3.63) is 29.8 Å². The van der Waals surface area contributed by atoms with Gasteiger partial charge in [0.2, 0.25) is 5.91 Å². The average Bonchev–Trinajstić information content (AvgIpc) is 2.44. The number of hydrogen-bond acceptors (Lipinski definition) is 4. The van der Waals surface area contributed by atoms with Crippen molar-refractivity contribution in [1.29, 1.82) is 0 Å². The Labute approximate surface area is 120 Å². The molecule has 3 N–H and O–H groups in total. The van der Waals surface area contributed by atoms with Gasteiger partial charge in [0.1, 0.15) is 0 Å². The van der Waals surface area contributed by atoms with Crippen LogP contribution >= 0.6 is 0 Å². The maximum atomic E-state index is 12.1. The Morgan fingerprint density at radius 1 is 1.40 bits per heavy atom. The number of hydrogen-bond donors (Lipinski definition) is 2. The van der Waals surface area contributed by atoms with E-state index in [2.05, 4.69) is 10.2 Å². The number of carbonyl (C=O) groups excluding carboxylic acids is 1. The highest BCUT2D eigenvalue weighted by Crippen LogP contribution is 2.16. The van der Waals surface area contributed by atoms with E-state index < -0.39 is 0 Å². The van der Waals surface area contributed by atoms with E-state index in [9.17, 15) is 4.79 Å². The number of anilines is 1. The summed E-state index contributed by atoms with van der Waals surface area (Å²) in [4.78, 5) is 14.2. The topological polar surface area (TPSA) is 67.6 Å². The molecule has 2 rings (SSSR count). The smallest absolute Gasteiger partial charge is 0.238 e. The zero-order valence-corrected chi connectivity index (χ0v) is 12.0. The minimum absolute atomic E-state index is 0.0176. The van der Waals surface area contributed by atoms with E-state index in [0.29, 0.717) is 13.2 Å². The van der Waals surface area contributed by atoms with E-state index in [4.69, 9.17) is 10.5 Å². The Hall–Kier alpha value is -1.43. The van der Waals surface area contributed by atoms with Gasteiger partial charge in [-0.15, -0.1) is 0 Å². The normalized spacial score (nSPS) is 17.1. The highest BCUT2D eigenvalue weighted by atomic mass is 16.5. The molecule has 110 valence electrons. The third-order valence-electron chi connectivity index (χ3n) is 3.59. The summed E-state index contributed by atoms with van der Waals surface area (Å²) in [6, 6.07) is 8.00. The Morgan fingerprint density at radius 2 is 2.10 bits per heavy atom. The van der Waals surface area contributed by atoms with Crippen LogP contribution in [0.3, 0.4) is 0 Å². The molecule has 0 spiro atoms. The van der Waals surface area contributed by atoms with Gasteiger partial charge < -0.3 is 15.8 Å². The Bertz CT molecular complexity index is 442. The fourth-order valence-electron chi connectivity index (χ4n) is 2.43. The molecule has 0 radical (unpaired) electrons. The fourth-order valence-corrected chi connectivity index (χ4v) is 2.43. The molecule has 1 heterocycles. The van der Waals surface area contributed by atoms with Crippen LogP contribution in [0.4, 0.5) is 5.69 Å². The molecule has 20 heavy (non-hydrogen) atoms. The summed E-state index contributed by atoms with van der Waals surface area (Å²) in [6.45, 7) is 2.71. The summed E-state index contributed by atoms with van der Waals surface area (Å²) >= 11 is 0. The van der Waals surface area contributed by atoms with Crippen molar-refractivity contribution in [3.63, 3.8) is 0 Å². The largest absolute Gasteiger partial charge is 0.380 e. The molecule has 0 unspecified atom stereocenters. The Balaban J connectivity index is 1.88. The summed E-state index contributed by atoms with van der Waals surface area (Å²) in [6.07, 6.45) is 1.93. The quantitative estimate of drug-likeness (QED) is 0.848. The summed E-state index contributed by atoms with van der Waals surface area (Å²) in [5.41, 5.74) is 7.68. The monoisotopic (exact) mass is 277 g/mol. The highest BCUT2D eigenvalue weighted by Gasteiger charge is 2.18. The number of nitrogens with two attached hydrogens (primary N) is 1. The van der Waals surface area contributed by atoms with E-state index in [1.54, 1.807) is 7.11 Å². The lowest BCUT2D eigenvalue weighted by molar-refractivity contribution is -0.117. The van der Waals surface area contributed by atoms with Crippen LogP contribution in [0.2, 0.25) is 0 Å². The number of amides is 1. The number of likely N-dealkylation sites (tertiary alicyclic amines) is 1. The number of nitrogens with zero attached hydrogens (tertiary/aromatic N) is 1. The Morgan fingerprint density at radius 3 is 2.80 bits per heavy atom. The zero-order chi connectivity index (χ0) is 14.4. The van der Waals surface area contributed by atoms with Crippen molar-refractivity contribution in [2.24, 2.45) is 5.73 Å². The molecule has 0 atom stereocenters. The van der Waals surface area contributed by atoms with Gasteiger partial charge in [-0.05, 0) is 18.9 Å². The number of para-hydroxylation sites is 1. The SMILES string of the molecule is COCc1ccccc1NC(=O)CN1CCC(N)CC1. The lowest BCUT2D eigenvalue weighted by Crippen LogP contribution is -2.43. The minimum Gasteiger partial charge on any atom is -0.380 e. The van der Waals surface area contributed by atoms with Gasteiger partial charge in [-0.2, -0.15) is 0 Å². The predicted octanol–water partition coefficient (Wildman–Crippen LogP) is 1.19. The molecule has 1 fully saturated rings. The molecule has 5 heteroatoms. The van der Waals surface area contributed by atoms with Crippen molar-refractivity contribution in [2.45, 2.75) is 25.5 Å². The van der Waals surface area contributed by atoms with Crippen LogP contribution < -0.4 is 11.1 Å². The number of piperidine rings is 1. The van der Waals surface area contributed by atoms with Crippen molar-refractivity contribution < 1.29 is 9.53 Å². The lowest BCUT2D eigenvalue weighted by Gasteiger charge is -2.29. The first-order valence-electron chi connectivity index (χ1n) is 7.03. The van der Waals surface area contributed by atoms with Gasteiger partial charge in [0.15, 0.2) is 0 Å². The molecule has 0 bridgehead atoms. The van der Waals surface area contributed by atoms with E-state index in [1.807, 2.05) is 24.3 Å². The molecular weight excluding hydrogens is 254 g/mol. The first-order chi connectivity index (χ1) is 9.69. The van der Waals surface area contributed by atoms with Crippen LogP contribution in [0, 0.1) is 0 Å². The molecule has 1 amide bonds. The maximum absolute atomic E-state index is 12.1. The molecule has 1 aromatic rings. The molecule has 0 saturated carbocycles. The van der Waals surface area contributed by atoms with Gasteiger partial charge in [-0.1, -0.05) is 18.2 Å². The zero-order valence-electron chi connectivity index (χ0n) is 12.0. The van der Waals surface area contributed by atoms with Crippen LogP contribution in [-0.4, -0.2) is 43.6 Å². The van der Waals surface area contributed by atoms with E-state index in [1.165, 1.54) is 0 Å². The summed E-state index contributed by atoms with van der Waals surface area (Å²) in [7, 11) is 1.65. The molecule has 0 aromatic heterocycles. The first kappa shape index (κ1) is 15.0. The second-order valence-electron chi connectivity index (χ2n) is 5.25. The van der Waals surface area contributed by atoms with Crippen LogP contribution in [0.25, 0.3) is 0 Å². The lowest BCUT2D eigenvalue weighted by atomic mass is 10.1. The number of nitrogens with one attached hydrogen (secondary N) is 1. The summed E-state index contributed by atoms with van der Waals surface area (Å²) < 4.78 is 5.14. The molecule has 5 nitrogen and oxygen atoms in total. The van der Waals surface area contributed by atoms with Crippen molar-refractivity contribution in [3.8, 4) is 0 Å². The van der Waals surface area contributed by atoms with Crippen molar-refractivity contribution in [1.82, 2.24) is 4.90 Å². The van der Waals surface area contributed by atoms with Crippen LogP contribution in [0.15, 0.2) is 24.3 Å². The minimum atomic E-state index is 0.0176. The Kier molecular flexibility index (Phi) is 5.52. The second-order valence-corrected chi connectivity index (χ2v) is 5.25. The third kappa shape index (κ3) is 4.30. The van der Waals surface area contributed by atoms with Gasteiger partial charge in [-0.25, -0.2) is 0 Å². The molecule has 1 saturated heterocycles. The van der Waals surface area contributed by atoms with Crippen molar-refractivity contribution >= 4 is 11.6 Å². The van der Waals surface area contributed by atoms with Gasteiger partial charge in [0, 0.05) is 37.5 Å². The number of ether oxygens (including phenoxy) is 1. The average molecular weight is 277 g/mol. The van der Waals surface area contributed by atoms with E-state index >= 15 is 0 Å². The van der Waals surface area contributed by atoms with Crippen LogP contribution in [0.1, 0.15) is 18.4 Å². The maximum Gasteiger partial charge on any atom is 0.238 e. The molecule has 0 aliphatic carbocycles. The first-order valence-corrected chi connectivity index (χ1v) is 7.03. The van der Waals surface area contributed by atoms with Gasteiger partial charge in [-0.3, -0.25) is 9.69 Å². The predicted molar refractivity (Wildman–Crippen MR) is 79.4 cm³/mol.